The minimum atomic E-state index is 0.677. The van der Waals surface area contributed by atoms with Gasteiger partial charge in [-0.15, -0.1) is 0 Å². The average Bonchev–Trinajstić information content (AvgIpc) is 2.23. The maximum absolute atomic E-state index is 4.67. The Morgan fingerprint density at radius 2 is 1.93 bits per heavy atom. The molecule has 76 valence electrons. The van der Waals surface area contributed by atoms with E-state index in [1.807, 2.05) is 0 Å². The lowest BCUT2D eigenvalue weighted by Crippen LogP contribution is -2.27. The Morgan fingerprint density at radius 1 is 1.21 bits per heavy atom. The van der Waals surface area contributed by atoms with Crippen molar-refractivity contribution in [1.82, 2.24) is 10.3 Å². The van der Waals surface area contributed by atoms with Gasteiger partial charge in [-0.1, -0.05) is 6.07 Å². The van der Waals surface area contributed by atoms with Crippen molar-refractivity contribution >= 4 is 0 Å². The van der Waals surface area contributed by atoms with E-state index in [1.54, 1.807) is 0 Å². The average molecular weight is 190 g/mol. The van der Waals surface area contributed by atoms with Crippen LogP contribution >= 0.6 is 0 Å². The van der Waals surface area contributed by atoms with E-state index in [2.05, 4.69) is 36.3 Å². The molecule has 0 saturated carbocycles. The van der Waals surface area contributed by atoms with Gasteiger partial charge in [0.15, 0.2) is 0 Å². The SMILES string of the molecule is Cc1ccc(C)c(C2CCNCC2)n1. The van der Waals surface area contributed by atoms with Gasteiger partial charge >= 0.3 is 0 Å². The van der Waals surface area contributed by atoms with Crippen molar-refractivity contribution in [2.75, 3.05) is 13.1 Å². The molecule has 2 heterocycles. The summed E-state index contributed by atoms with van der Waals surface area (Å²) in [5.74, 6) is 0.677. The van der Waals surface area contributed by atoms with Crippen molar-refractivity contribution in [3.63, 3.8) is 0 Å². The molecule has 1 aromatic rings. The molecule has 0 aromatic carbocycles. The normalized spacial score (nSPS) is 18.4. The van der Waals surface area contributed by atoms with E-state index in [0.29, 0.717) is 5.92 Å². The van der Waals surface area contributed by atoms with E-state index >= 15 is 0 Å². The third kappa shape index (κ3) is 1.95. The lowest BCUT2D eigenvalue weighted by Gasteiger charge is -2.23. The molecule has 2 heteroatoms. The molecule has 0 radical (unpaired) electrons. The van der Waals surface area contributed by atoms with Crippen molar-refractivity contribution in [3.8, 4) is 0 Å². The minimum Gasteiger partial charge on any atom is -0.317 e. The van der Waals surface area contributed by atoms with Crippen LogP contribution in [-0.4, -0.2) is 18.1 Å². The second-order valence-corrected chi connectivity index (χ2v) is 4.18. The third-order valence-corrected chi connectivity index (χ3v) is 3.00. The first kappa shape index (κ1) is 9.66. The summed E-state index contributed by atoms with van der Waals surface area (Å²) in [6, 6.07) is 4.29. The summed E-state index contributed by atoms with van der Waals surface area (Å²) in [5, 5.41) is 3.39. The zero-order chi connectivity index (χ0) is 9.97. The Kier molecular flexibility index (Phi) is 2.82. The fourth-order valence-electron chi connectivity index (χ4n) is 2.16. The first-order valence-corrected chi connectivity index (χ1v) is 5.42. The van der Waals surface area contributed by atoms with Crippen molar-refractivity contribution in [1.29, 1.82) is 0 Å². The number of hydrogen-bond donors (Lipinski definition) is 1. The highest BCUT2D eigenvalue weighted by atomic mass is 14.9. The summed E-state index contributed by atoms with van der Waals surface area (Å²) in [6.45, 7) is 6.52. The summed E-state index contributed by atoms with van der Waals surface area (Å²) in [5.41, 5.74) is 3.82. The molecule has 1 aliphatic heterocycles. The van der Waals surface area contributed by atoms with Crippen LogP contribution in [-0.2, 0) is 0 Å². The number of hydrogen-bond acceptors (Lipinski definition) is 2. The Hall–Kier alpha value is -0.890. The maximum Gasteiger partial charge on any atom is 0.0467 e. The van der Waals surface area contributed by atoms with E-state index in [-0.39, 0.29) is 0 Å². The maximum atomic E-state index is 4.67. The molecule has 0 aliphatic carbocycles. The number of piperidine rings is 1. The Morgan fingerprint density at radius 3 is 2.64 bits per heavy atom. The van der Waals surface area contributed by atoms with Crippen molar-refractivity contribution in [2.45, 2.75) is 32.6 Å². The monoisotopic (exact) mass is 190 g/mol. The highest BCUT2D eigenvalue weighted by molar-refractivity contribution is 5.24. The number of aromatic nitrogens is 1. The van der Waals surface area contributed by atoms with Crippen molar-refractivity contribution in [3.05, 3.63) is 29.1 Å². The van der Waals surface area contributed by atoms with Crippen LogP contribution in [0.1, 0.15) is 35.7 Å². The molecule has 0 amide bonds. The van der Waals surface area contributed by atoms with Gasteiger partial charge in [-0.25, -0.2) is 0 Å². The topological polar surface area (TPSA) is 24.9 Å². The molecule has 2 rings (SSSR count). The second-order valence-electron chi connectivity index (χ2n) is 4.18. The minimum absolute atomic E-state index is 0.677. The van der Waals surface area contributed by atoms with Gasteiger partial charge in [-0.05, 0) is 51.4 Å². The van der Waals surface area contributed by atoms with Crippen LogP contribution in [0.15, 0.2) is 12.1 Å². The number of nitrogens with one attached hydrogen (secondary N) is 1. The van der Waals surface area contributed by atoms with Gasteiger partial charge in [0, 0.05) is 17.3 Å². The molecular weight excluding hydrogens is 172 g/mol. The van der Waals surface area contributed by atoms with Gasteiger partial charge in [0.2, 0.25) is 0 Å². The first-order chi connectivity index (χ1) is 6.77. The Balaban J connectivity index is 2.24. The van der Waals surface area contributed by atoms with Crippen LogP contribution in [0.25, 0.3) is 0 Å². The zero-order valence-electron chi connectivity index (χ0n) is 9.01. The van der Waals surface area contributed by atoms with E-state index in [9.17, 15) is 0 Å². The lowest BCUT2D eigenvalue weighted by molar-refractivity contribution is 0.451. The largest absolute Gasteiger partial charge is 0.317 e. The number of nitrogens with zero attached hydrogens (tertiary/aromatic N) is 1. The molecule has 1 fully saturated rings. The molecule has 1 aromatic heterocycles. The van der Waals surface area contributed by atoms with Gasteiger partial charge in [-0.2, -0.15) is 0 Å². The molecule has 0 atom stereocenters. The summed E-state index contributed by atoms with van der Waals surface area (Å²) in [4.78, 5) is 4.67. The summed E-state index contributed by atoms with van der Waals surface area (Å²) in [6.07, 6.45) is 2.47. The quantitative estimate of drug-likeness (QED) is 0.734. The summed E-state index contributed by atoms with van der Waals surface area (Å²) < 4.78 is 0. The van der Waals surface area contributed by atoms with Gasteiger partial charge in [0.05, 0.1) is 0 Å². The van der Waals surface area contributed by atoms with Crippen LogP contribution in [0.3, 0.4) is 0 Å². The smallest absolute Gasteiger partial charge is 0.0467 e. The fourth-order valence-corrected chi connectivity index (χ4v) is 2.16. The Bertz CT molecular complexity index is 314. The molecular formula is C12H18N2. The van der Waals surface area contributed by atoms with E-state index < -0.39 is 0 Å². The zero-order valence-corrected chi connectivity index (χ0v) is 9.01. The predicted octanol–water partition coefficient (Wildman–Crippen LogP) is 2.17. The van der Waals surface area contributed by atoms with Gasteiger partial charge in [0.1, 0.15) is 0 Å². The first-order valence-electron chi connectivity index (χ1n) is 5.42. The van der Waals surface area contributed by atoms with Crippen molar-refractivity contribution < 1.29 is 0 Å². The molecule has 1 saturated heterocycles. The number of rotatable bonds is 1. The van der Waals surface area contributed by atoms with E-state index in [0.717, 1.165) is 18.8 Å². The number of aryl methyl sites for hydroxylation is 2. The molecule has 1 aliphatic rings. The fraction of sp³-hybridized carbons (Fsp3) is 0.583. The highest BCUT2D eigenvalue weighted by Crippen LogP contribution is 2.26. The Labute approximate surface area is 85.7 Å². The lowest BCUT2D eigenvalue weighted by atomic mass is 9.91. The predicted molar refractivity (Wildman–Crippen MR) is 58.6 cm³/mol. The number of pyridine rings is 1. The van der Waals surface area contributed by atoms with Gasteiger partial charge in [0.25, 0.3) is 0 Å². The summed E-state index contributed by atoms with van der Waals surface area (Å²) in [7, 11) is 0. The second kappa shape index (κ2) is 4.09. The third-order valence-electron chi connectivity index (χ3n) is 3.00. The molecule has 14 heavy (non-hydrogen) atoms. The van der Waals surface area contributed by atoms with Gasteiger partial charge < -0.3 is 5.32 Å². The molecule has 2 nitrogen and oxygen atoms in total. The standard InChI is InChI=1S/C12H18N2/c1-9-3-4-10(2)14-12(9)11-5-7-13-8-6-11/h3-4,11,13H,5-8H2,1-2H3. The highest BCUT2D eigenvalue weighted by Gasteiger charge is 2.17. The van der Waals surface area contributed by atoms with E-state index in [1.165, 1.54) is 24.1 Å². The van der Waals surface area contributed by atoms with Crippen LogP contribution in [0.4, 0.5) is 0 Å². The van der Waals surface area contributed by atoms with Crippen LogP contribution in [0.5, 0.6) is 0 Å². The van der Waals surface area contributed by atoms with Crippen LogP contribution < -0.4 is 5.32 Å². The van der Waals surface area contributed by atoms with Crippen LogP contribution in [0, 0.1) is 13.8 Å². The molecule has 0 bridgehead atoms. The van der Waals surface area contributed by atoms with Crippen LogP contribution in [0.2, 0.25) is 0 Å². The molecule has 0 unspecified atom stereocenters. The van der Waals surface area contributed by atoms with E-state index in [4.69, 9.17) is 0 Å². The van der Waals surface area contributed by atoms with Gasteiger partial charge in [-0.3, -0.25) is 4.98 Å². The van der Waals surface area contributed by atoms with Crippen molar-refractivity contribution in [2.24, 2.45) is 0 Å². The molecule has 1 N–H and O–H groups in total. The summed E-state index contributed by atoms with van der Waals surface area (Å²) >= 11 is 0. The molecule has 0 spiro atoms.